The molecular weight excluding hydrogens is 330 g/mol. The molecule has 0 spiro atoms. The topological polar surface area (TPSA) is 68.5 Å². The van der Waals surface area contributed by atoms with E-state index in [2.05, 4.69) is 10.1 Å². The number of carbonyl (C=O) groups is 1. The first-order valence-corrected chi connectivity index (χ1v) is 8.70. The van der Waals surface area contributed by atoms with E-state index in [-0.39, 0.29) is 12.5 Å². The van der Waals surface area contributed by atoms with Crippen LogP contribution in [0.1, 0.15) is 12.8 Å². The van der Waals surface area contributed by atoms with Crippen LogP contribution in [-0.4, -0.2) is 40.6 Å². The quantitative estimate of drug-likeness (QED) is 0.706. The average molecular weight is 349 g/mol. The minimum atomic E-state index is 0.0267. The summed E-state index contributed by atoms with van der Waals surface area (Å²) in [5.41, 5.74) is 1.65. The van der Waals surface area contributed by atoms with E-state index in [4.69, 9.17) is 9.26 Å². The molecule has 0 N–H and O–H groups in total. The van der Waals surface area contributed by atoms with Crippen molar-refractivity contribution in [2.75, 3.05) is 19.7 Å². The molecule has 1 fully saturated rings. The number of likely N-dealkylation sites (tertiary alicyclic amines) is 1. The minimum Gasteiger partial charge on any atom is -0.484 e. The molecule has 0 aliphatic carbocycles. The van der Waals surface area contributed by atoms with Crippen molar-refractivity contribution in [2.45, 2.75) is 12.8 Å². The highest BCUT2D eigenvalue weighted by atomic mass is 16.5. The number of benzene rings is 2. The first-order valence-electron chi connectivity index (χ1n) is 8.70. The van der Waals surface area contributed by atoms with Gasteiger partial charge >= 0.3 is 0 Å². The summed E-state index contributed by atoms with van der Waals surface area (Å²) in [5, 5.41) is 4.05. The van der Waals surface area contributed by atoms with Gasteiger partial charge < -0.3 is 14.2 Å². The Balaban J connectivity index is 1.46. The van der Waals surface area contributed by atoms with Crippen LogP contribution in [0, 0.1) is 0 Å². The Labute approximate surface area is 151 Å². The molecule has 6 heteroatoms. The van der Waals surface area contributed by atoms with Crippen molar-refractivity contribution in [3.63, 3.8) is 0 Å². The summed E-state index contributed by atoms with van der Waals surface area (Å²) in [6.07, 6.45) is 2.14. The highest BCUT2D eigenvalue weighted by Gasteiger charge is 2.18. The zero-order valence-corrected chi connectivity index (χ0v) is 14.3. The van der Waals surface area contributed by atoms with E-state index in [0.717, 1.165) is 37.1 Å². The van der Waals surface area contributed by atoms with Crippen molar-refractivity contribution < 1.29 is 14.1 Å². The molecule has 0 radical (unpaired) electrons. The smallest absolute Gasteiger partial charge is 0.260 e. The maximum atomic E-state index is 12.1. The molecule has 1 amide bonds. The van der Waals surface area contributed by atoms with Gasteiger partial charge in [-0.1, -0.05) is 35.5 Å². The molecule has 1 aromatic heterocycles. The zero-order chi connectivity index (χ0) is 17.8. The van der Waals surface area contributed by atoms with E-state index >= 15 is 0 Å². The number of hydrogen-bond donors (Lipinski definition) is 0. The van der Waals surface area contributed by atoms with Crippen LogP contribution in [0.4, 0.5) is 0 Å². The third-order valence-corrected chi connectivity index (χ3v) is 4.36. The van der Waals surface area contributed by atoms with E-state index in [1.54, 1.807) is 0 Å². The van der Waals surface area contributed by atoms with Gasteiger partial charge in [-0.15, -0.1) is 0 Å². The van der Waals surface area contributed by atoms with Crippen LogP contribution in [0.5, 0.6) is 5.75 Å². The van der Waals surface area contributed by atoms with E-state index in [1.165, 1.54) is 0 Å². The van der Waals surface area contributed by atoms with Gasteiger partial charge in [-0.3, -0.25) is 4.79 Å². The number of ether oxygens (including phenoxy) is 1. The second-order valence-electron chi connectivity index (χ2n) is 6.19. The summed E-state index contributed by atoms with van der Waals surface area (Å²) >= 11 is 0. The van der Waals surface area contributed by atoms with Crippen molar-refractivity contribution in [3.8, 4) is 28.6 Å². The molecule has 132 valence electrons. The Morgan fingerprint density at radius 3 is 2.62 bits per heavy atom. The second kappa shape index (κ2) is 7.39. The van der Waals surface area contributed by atoms with Crippen molar-refractivity contribution in [2.24, 2.45) is 0 Å². The van der Waals surface area contributed by atoms with Crippen molar-refractivity contribution in [1.29, 1.82) is 0 Å². The fraction of sp³-hybridized carbons (Fsp3) is 0.250. The Morgan fingerprint density at radius 1 is 1.04 bits per heavy atom. The first-order chi connectivity index (χ1) is 12.8. The molecule has 26 heavy (non-hydrogen) atoms. The summed E-state index contributed by atoms with van der Waals surface area (Å²) in [5.74, 6) is 1.59. The molecule has 0 saturated carbocycles. The zero-order valence-electron chi connectivity index (χ0n) is 14.3. The van der Waals surface area contributed by atoms with Crippen LogP contribution in [0.25, 0.3) is 22.8 Å². The summed E-state index contributed by atoms with van der Waals surface area (Å²) in [4.78, 5) is 18.4. The van der Waals surface area contributed by atoms with Gasteiger partial charge in [0, 0.05) is 24.2 Å². The van der Waals surface area contributed by atoms with Gasteiger partial charge in [-0.25, -0.2) is 0 Å². The van der Waals surface area contributed by atoms with E-state index in [0.29, 0.717) is 17.5 Å². The second-order valence-corrected chi connectivity index (χ2v) is 6.19. The van der Waals surface area contributed by atoms with Crippen molar-refractivity contribution in [3.05, 3.63) is 54.6 Å². The molecule has 6 nitrogen and oxygen atoms in total. The minimum absolute atomic E-state index is 0.0267. The van der Waals surface area contributed by atoms with Crippen LogP contribution in [-0.2, 0) is 4.79 Å². The molecule has 1 aliphatic heterocycles. The maximum absolute atomic E-state index is 12.1. The van der Waals surface area contributed by atoms with Crippen LogP contribution in [0.3, 0.4) is 0 Å². The summed E-state index contributed by atoms with van der Waals surface area (Å²) in [7, 11) is 0. The molecule has 1 aliphatic rings. The average Bonchev–Trinajstić information content (AvgIpc) is 3.39. The van der Waals surface area contributed by atoms with Gasteiger partial charge in [-0.05, 0) is 37.1 Å². The van der Waals surface area contributed by atoms with Crippen molar-refractivity contribution >= 4 is 5.91 Å². The van der Waals surface area contributed by atoms with Gasteiger partial charge in [0.1, 0.15) is 5.75 Å². The largest absolute Gasteiger partial charge is 0.484 e. The van der Waals surface area contributed by atoms with Crippen LogP contribution >= 0.6 is 0 Å². The van der Waals surface area contributed by atoms with Gasteiger partial charge in [0.05, 0.1) is 0 Å². The lowest BCUT2D eigenvalue weighted by atomic mass is 10.2. The van der Waals surface area contributed by atoms with Gasteiger partial charge in [0.15, 0.2) is 6.61 Å². The Kier molecular flexibility index (Phi) is 4.64. The Hall–Kier alpha value is -3.15. The lowest BCUT2D eigenvalue weighted by Crippen LogP contribution is -2.32. The Morgan fingerprint density at radius 2 is 1.81 bits per heavy atom. The highest BCUT2D eigenvalue weighted by molar-refractivity contribution is 5.78. The lowest BCUT2D eigenvalue weighted by molar-refractivity contribution is -0.132. The molecule has 1 saturated heterocycles. The van der Waals surface area contributed by atoms with Gasteiger partial charge in [-0.2, -0.15) is 4.98 Å². The van der Waals surface area contributed by atoms with Gasteiger partial charge in [0.25, 0.3) is 11.8 Å². The number of carbonyl (C=O) groups excluding carboxylic acids is 1. The number of amides is 1. The normalized spacial score (nSPS) is 13.8. The molecule has 3 aromatic rings. The number of hydrogen-bond acceptors (Lipinski definition) is 5. The molecule has 0 unspecified atom stereocenters. The highest BCUT2D eigenvalue weighted by Crippen LogP contribution is 2.25. The monoisotopic (exact) mass is 349 g/mol. The van der Waals surface area contributed by atoms with Crippen LogP contribution in [0.15, 0.2) is 59.1 Å². The molecule has 0 bridgehead atoms. The number of rotatable bonds is 5. The maximum Gasteiger partial charge on any atom is 0.260 e. The predicted molar refractivity (Wildman–Crippen MR) is 96.5 cm³/mol. The molecule has 4 rings (SSSR count). The fourth-order valence-electron chi connectivity index (χ4n) is 2.97. The standard InChI is InChI=1S/C20H19N3O3/c24-18(23-11-4-5-12-23)14-25-17-10-6-9-16(13-17)19-21-20(26-22-19)15-7-2-1-3-8-15/h1-3,6-10,13H,4-5,11-12,14H2. The van der Waals surface area contributed by atoms with Crippen LogP contribution < -0.4 is 4.74 Å². The fourth-order valence-corrected chi connectivity index (χ4v) is 2.97. The third-order valence-electron chi connectivity index (χ3n) is 4.36. The summed E-state index contributed by atoms with van der Waals surface area (Å²) in [6.45, 7) is 1.70. The molecule has 2 heterocycles. The van der Waals surface area contributed by atoms with Crippen LogP contribution in [0.2, 0.25) is 0 Å². The number of nitrogens with zero attached hydrogens (tertiary/aromatic N) is 3. The molecular formula is C20H19N3O3. The predicted octanol–water partition coefficient (Wildman–Crippen LogP) is 3.40. The van der Waals surface area contributed by atoms with E-state index in [1.807, 2.05) is 59.5 Å². The third kappa shape index (κ3) is 3.59. The van der Waals surface area contributed by atoms with Crippen molar-refractivity contribution in [1.82, 2.24) is 15.0 Å². The number of aromatic nitrogens is 2. The first kappa shape index (κ1) is 16.3. The summed E-state index contributed by atoms with van der Waals surface area (Å²) < 4.78 is 11.0. The van der Waals surface area contributed by atoms with E-state index < -0.39 is 0 Å². The molecule has 2 aromatic carbocycles. The van der Waals surface area contributed by atoms with E-state index in [9.17, 15) is 4.79 Å². The summed E-state index contributed by atoms with van der Waals surface area (Å²) in [6, 6.07) is 17.0. The van der Waals surface area contributed by atoms with Gasteiger partial charge in [0.2, 0.25) is 5.82 Å². The molecule has 0 atom stereocenters. The Bertz CT molecular complexity index is 886. The SMILES string of the molecule is O=C(COc1cccc(-c2noc(-c3ccccc3)n2)c1)N1CCCC1. The lowest BCUT2D eigenvalue weighted by Gasteiger charge is -2.15.